The van der Waals surface area contributed by atoms with Crippen LogP contribution in [0.4, 0.5) is 5.69 Å². The summed E-state index contributed by atoms with van der Waals surface area (Å²) in [5.41, 5.74) is 0.372. The van der Waals surface area contributed by atoms with Gasteiger partial charge in [0, 0.05) is 11.6 Å². The van der Waals surface area contributed by atoms with E-state index in [9.17, 15) is 14.9 Å². The maximum absolute atomic E-state index is 12.1. The van der Waals surface area contributed by atoms with E-state index in [-0.39, 0.29) is 29.6 Å². The number of rotatable bonds is 8. The monoisotopic (exact) mass is 331 g/mol. The summed E-state index contributed by atoms with van der Waals surface area (Å²) in [6, 6.07) is 10.7. The molecule has 0 spiro atoms. The first-order chi connectivity index (χ1) is 11.5. The molecule has 0 aromatic heterocycles. The number of methoxy groups -OCH3 is 1. The van der Waals surface area contributed by atoms with Gasteiger partial charge in [0.05, 0.1) is 24.7 Å². The van der Waals surface area contributed by atoms with Crippen LogP contribution in [-0.4, -0.2) is 31.0 Å². The minimum atomic E-state index is -0.530. The zero-order chi connectivity index (χ0) is 17.5. The summed E-state index contributed by atoms with van der Waals surface area (Å²) in [6.45, 7) is 2.23. The first-order valence-electron chi connectivity index (χ1n) is 7.26. The molecule has 0 fully saturated rings. The molecule has 0 aliphatic heterocycles. The van der Waals surface area contributed by atoms with Crippen molar-refractivity contribution in [2.24, 2.45) is 0 Å². The molecule has 0 amide bonds. The van der Waals surface area contributed by atoms with Crippen molar-refractivity contribution < 1.29 is 23.9 Å². The number of hydrogen-bond donors (Lipinski definition) is 0. The maximum Gasteiger partial charge on any atom is 0.273 e. The molecule has 0 heterocycles. The number of nitrogens with zero attached hydrogens (tertiary/aromatic N) is 1. The average molecular weight is 331 g/mol. The summed E-state index contributed by atoms with van der Waals surface area (Å²) in [5, 5.41) is 10.8. The molecule has 2 aromatic rings. The van der Waals surface area contributed by atoms with E-state index in [0.29, 0.717) is 17.9 Å². The van der Waals surface area contributed by atoms with Crippen molar-refractivity contribution in [2.75, 3.05) is 20.3 Å². The molecule has 24 heavy (non-hydrogen) atoms. The molecule has 2 rings (SSSR count). The zero-order valence-electron chi connectivity index (χ0n) is 13.4. The topological polar surface area (TPSA) is 87.9 Å². The molecule has 0 atom stereocenters. The van der Waals surface area contributed by atoms with Crippen LogP contribution in [0.25, 0.3) is 0 Å². The van der Waals surface area contributed by atoms with Crippen LogP contribution >= 0.6 is 0 Å². The third-order valence-electron chi connectivity index (χ3n) is 3.20. The van der Waals surface area contributed by atoms with E-state index >= 15 is 0 Å². The van der Waals surface area contributed by atoms with Crippen molar-refractivity contribution in [3.63, 3.8) is 0 Å². The number of ketones is 1. The molecule has 0 saturated carbocycles. The second kappa shape index (κ2) is 7.96. The van der Waals surface area contributed by atoms with Gasteiger partial charge < -0.3 is 14.2 Å². The first-order valence-corrected chi connectivity index (χ1v) is 7.26. The van der Waals surface area contributed by atoms with E-state index in [1.807, 2.05) is 6.92 Å². The molecule has 0 aliphatic rings. The van der Waals surface area contributed by atoms with Crippen LogP contribution in [0.5, 0.6) is 17.2 Å². The average Bonchev–Trinajstić information content (AvgIpc) is 2.60. The van der Waals surface area contributed by atoms with E-state index in [1.165, 1.54) is 25.3 Å². The Kier molecular flexibility index (Phi) is 5.73. The fourth-order valence-electron chi connectivity index (χ4n) is 2.02. The Morgan fingerprint density at radius 1 is 1.08 bits per heavy atom. The summed E-state index contributed by atoms with van der Waals surface area (Å²) in [6.07, 6.45) is 0. The Balaban J connectivity index is 2.04. The number of benzene rings is 2. The lowest BCUT2D eigenvalue weighted by Gasteiger charge is -2.10. The van der Waals surface area contributed by atoms with Crippen LogP contribution in [0, 0.1) is 10.1 Å². The van der Waals surface area contributed by atoms with Crippen LogP contribution in [0.1, 0.15) is 17.3 Å². The van der Waals surface area contributed by atoms with Gasteiger partial charge in [-0.3, -0.25) is 14.9 Å². The first kappa shape index (κ1) is 17.3. The minimum Gasteiger partial charge on any atom is -0.494 e. The number of nitro benzene ring substituents is 1. The second-order valence-electron chi connectivity index (χ2n) is 4.76. The Morgan fingerprint density at radius 2 is 1.79 bits per heavy atom. The molecule has 0 radical (unpaired) electrons. The zero-order valence-corrected chi connectivity index (χ0v) is 13.4. The standard InChI is InChI=1S/C17H17NO6/c1-3-23-14-7-4-12(5-8-14)15(19)11-24-16-9-6-13(18(20)21)10-17(16)22-2/h4-10H,3,11H2,1-2H3. The molecule has 2 aromatic carbocycles. The molecule has 7 nitrogen and oxygen atoms in total. The Morgan fingerprint density at radius 3 is 2.38 bits per heavy atom. The van der Waals surface area contributed by atoms with Crippen molar-refractivity contribution in [1.82, 2.24) is 0 Å². The number of non-ortho nitro benzene ring substituents is 1. The fourth-order valence-corrected chi connectivity index (χ4v) is 2.02. The summed E-state index contributed by atoms with van der Waals surface area (Å²) in [5.74, 6) is 0.927. The van der Waals surface area contributed by atoms with Gasteiger partial charge in [-0.2, -0.15) is 0 Å². The van der Waals surface area contributed by atoms with Gasteiger partial charge >= 0.3 is 0 Å². The van der Waals surface area contributed by atoms with Crippen LogP contribution in [0.2, 0.25) is 0 Å². The highest BCUT2D eigenvalue weighted by Crippen LogP contribution is 2.31. The Labute approximate surface area is 138 Å². The van der Waals surface area contributed by atoms with Gasteiger partial charge in [0.2, 0.25) is 0 Å². The summed E-state index contributed by atoms with van der Waals surface area (Å²) >= 11 is 0. The van der Waals surface area contributed by atoms with Crippen LogP contribution in [-0.2, 0) is 0 Å². The molecule has 0 bridgehead atoms. The highest BCUT2D eigenvalue weighted by Gasteiger charge is 2.14. The van der Waals surface area contributed by atoms with Gasteiger partial charge in [-0.15, -0.1) is 0 Å². The van der Waals surface area contributed by atoms with Crippen molar-refractivity contribution in [2.45, 2.75) is 6.92 Å². The van der Waals surface area contributed by atoms with Gasteiger partial charge in [0.1, 0.15) is 5.75 Å². The van der Waals surface area contributed by atoms with Gasteiger partial charge in [-0.1, -0.05) is 0 Å². The molecular formula is C17H17NO6. The predicted octanol–water partition coefficient (Wildman–Crippen LogP) is 3.26. The lowest BCUT2D eigenvalue weighted by Crippen LogP contribution is -2.12. The predicted molar refractivity (Wildman–Crippen MR) is 87.1 cm³/mol. The largest absolute Gasteiger partial charge is 0.494 e. The van der Waals surface area contributed by atoms with E-state index in [0.717, 1.165) is 0 Å². The number of ether oxygens (including phenoxy) is 3. The van der Waals surface area contributed by atoms with E-state index in [2.05, 4.69) is 0 Å². The third kappa shape index (κ3) is 4.22. The number of carbonyl (C=O) groups is 1. The van der Waals surface area contributed by atoms with E-state index < -0.39 is 4.92 Å². The smallest absolute Gasteiger partial charge is 0.273 e. The highest BCUT2D eigenvalue weighted by atomic mass is 16.6. The highest BCUT2D eigenvalue weighted by molar-refractivity contribution is 5.97. The van der Waals surface area contributed by atoms with Crippen molar-refractivity contribution >= 4 is 11.5 Å². The number of hydrogen-bond acceptors (Lipinski definition) is 6. The van der Waals surface area contributed by atoms with Gasteiger partial charge in [0.25, 0.3) is 5.69 Å². The van der Waals surface area contributed by atoms with Gasteiger partial charge in [0.15, 0.2) is 23.9 Å². The lowest BCUT2D eigenvalue weighted by atomic mass is 10.1. The maximum atomic E-state index is 12.1. The lowest BCUT2D eigenvalue weighted by molar-refractivity contribution is -0.384. The molecule has 126 valence electrons. The SMILES string of the molecule is CCOc1ccc(C(=O)COc2ccc([N+](=O)[O-])cc2OC)cc1. The normalized spacial score (nSPS) is 10.1. The molecule has 7 heteroatoms. The number of nitro groups is 1. The van der Waals surface area contributed by atoms with Crippen molar-refractivity contribution in [1.29, 1.82) is 0 Å². The van der Waals surface area contributed by atoms with Crippen molar-refractivity contribution in [3.8, 4) is 17.2 Å². The van der Waals surface area contributed by atoms with Crippen LogP contribution in [0.3, 0.4) is 0 Å². The van der Waals surface area contributed by atoms with Crippen molar-refractivity contribution in [3.05, 3.63) is 58.1 Å². The molecular weight excluding hydrogens is 314 g/mol. The quantitative estimate of drug-likeness (QED) is 0.419. The minimum absolute atomic E-state index is 0.114. The molecule has 0 unspecified atom stereocenters. The molecule has 0 aliphatic carbocycles. The van der Waals surface area contributed by atoms with E-state index in [4.69, 9.17) is 14.2 Å². The van der Waals surface area contributed by atoms with Gasteiger partial charge in [-0.05, 0) is 37.3 Å². The molecule has 0 saturated heterocycles. The Bertz CT molecular complexity index is 726. The second-order valence-corrected chi connectivity index (χ2v) is 4.76. The number of Topliss-reactive ketones (excluding diaryl/α,β-unsaturated/α-hetero) is 1. The Hall–Kier alpha value is -3.09. The summed E-state index contributed by atoms with van der Waals surface area (Å²) in [7, 11) is 1.38. The van der Waals surface area contributed by atoms with E-state index in [1.54, 1.807) is 24.3 Å². The van der Waals surface area contributed by atoms with Gasteiger partial charge in [-0.25, -0.2) is 0 Å². The summed E-state index contributed by atoms with van der Waals surface area (Å²) in [4.78, 5) is 22.4. The molecule has 0 N–H and O–H groups in total. The van der Waals surface area contributed by atoms with Crippen LogP contribution in [0.15, 0.2) is 42.5 Å². The van der Waals surface area contributed by atoms with Crippen LogP contribution < -0.4 is 14.2 Å². The fraction of sp³-hybridized carbons (Fsp3) is 0.235. The number of carbonyl (C=O) groups excluding carboxylic acids is 1. The third-order valence-corrected chi connectivity index (χ3v) is 3.20. The summed E-state index contributed by atoms with van der Waals surface area (Å²) < 4.78 is 15.8.